The summed E-state index contributed by atoms with van der Waals surface area (Å²) in [5.41, 5.74) is -1.16. The van der Waals surface area contributed by atoms with Crippen molar-refractivity contribution in [2.45, 2.75) is 88.4 Å². The lowest BCUT2D eigenvalue weighted by molar-refractivity contribution is -0.170. The number of halogens is 1. The van der Waals surface area contributed by atoms with Crippen LogP contribution in [0.4, 0.5) is 4.39 Å². The molecule has 1 aromatic heterocycles. The molecule has 1 saturated heterocycles. The molecular weight excluding hydrogens is 643 g/mol. The molecule has 14 nitrogen and oxygen atoms in total. The van der Waals surface area contributed by atoms with Crippen LogP contribution in [0.25, 0.3) is 0 Å². The topological polar surface area (TPSA) is 224 Å². The molecule has 0 radical (unpaired) electrons. The minimum Gasteiger partial charge on any atom is -0.481 e. The van der Waals surface area contributed by atoms with E-state index in [1.54, 1.807) is 26.2 Å². The van der Waals surface area contributed by atoms with Crippen LogP contribution >= 0.6 is 0 Å². The van der Waals surface area contributed by atoms with Crippen molar-refractivity contribution in [2.24, 2.45) is 5.92 Å². The van der Waals surface area contributed by atoms with Gasteiger partial charge in [-0.15, -0.1) is 0 Å². The number of carboxylic acid groups (broad SMARTS) is 3. The average molecular weight is 687 g/mol. The van der Waals surface area contributed by atoms with Crippen LogP contribution < -0.4 is 10.6 Å². The lowest BCUT2D eigenvalue weighted by Gasteiger charge is -2.35. The molecule has 266 valence electrons. The highest BCUT2D eigenvalue weighted by atomic mass is 19.1. The Bertz CT molecular complexity index is 1500. The van der Waals surface area contributed by atoms with Gasteiger partial charge in [-0.3, -0.25) is 29.0 Å². The molecule has 1 aliphatic heterocycles. The number of benzene rings is 1. The van der Waals surface area contributed by atoms with E-state index in [-0.39, 0.29) is 29.6 Å². The Morgan fingerprint density at radius 2 is 1.53 bits per heavy atom. The fourth-order valence-corrected chi connectivity index (χ4v) is 6.06. The lowest BCUT2D eigenvalue weighted by Crippen LogP contribution is -2.55. The van der Waals surface area contributed by atoms with Crippen molar-refractivity contribution >= 4 is 35.5 Å². The third kappa shape index (κ3) is 10.6. The third-order valence-electron chi connectivity index (χ3n) is 8.85. The molecule has 0 bridgehead atoms. The van der Waals surface area contributed by atoms with Gasteiger partial charge >= 0.3 is 17.9 Å². The number of nitrogens with zero attached hydrogens (tertiary/aromatic N) is 2. The number of hydrogen-bond donors (Lipinski definition) is 6. The van der Waals surface area contributed by atoms with Gasteiger partial charge in [0.15, 0.2) is 11.4 Å². The Balaban J connectivity index is 0.000000425. The summed E-state index contributed by atoms with van der Waals surface area (Å²) < 4.78 is 13.3. The maximum absolute atomic E-state index is 13.9. The number of carbonyl (C=O) groups excluding carboxylic acids is 3. The second-order valence-corrected chi connectivity index (χ2v) is 12.4. The van der Waals surface area contributed by atoms with E-state index in [2.05, 4.69) is 15.6 Å². The van der Waals surface area contributed by atoms with Gasteiger partial charge in [-0.05, 0) is 81.5 Å². The predicted octanol–water partition coefficient (Wildman–Crippen LogP) is 2.54. The number of aromatic nitrogens is 1. The fraction of sp³-hybridized carbons (Fsp3) is 0.500. The van der Waals surface area contributed by atoms with Crippen molar-refractivity contribution in [3.63, 3.8) is 0 Å². The Hall–Kier alpha value is -4.76. The van der Waals surface area contributed by atoms with Crippen LogP contribution in [-0.4, -0.2) is 97.1 Å². The summed E-state index contributed by atoms with van der Waals surface area (Å²) in [4.78, 5) is 76.3. The maximum atomic E-state index is 13.9. The SMILES string of the molecule is CN[C@@H](C)C(=O)N[C@H](C(=O)N1CCC[C@H]1c1cncc(C(=O)c2ccc(F)cc2)c1)C1CCCCC1.O=C(O)CC(O)(CC(=O)O)C(=O)O. The van der Waals surface area contributed by atoms with Crippen LogP contribution in [-0.2, 0) is 24.0 Å². The summed E-state index contributed by atoms with van der Waals surface area (Å²) in [5, 5.41) is 39.8. The number of ketones is 1. The van der Waals surface area contributed by atoms with E-state index < -0.39 is 54.3 Å². The first kappa shape index (κ1) is 38.7. The molecule has 2 amide bonds. The molecule has 2 aromatic rings. The molecule has 4 rings (SSSR count). The average Bonchev–Trinajstić information content (AvgIpc) is 3.57. The van der Waals surface area contributed by atoms with Crippen molar-refractivity contribution in [1.82, 2.24) is 20.5 Å². The second-order valence-electron chi connectivity index (χ2n) is 12.4. The summed E-state index contributed by atoms with van der Waals surface area (Å²) in [7, 11) is 1.73. The van der Waals surface area contributed by atoms with E-state index in [1.807, 2.05) is 4.90 Å². The summed E-state index contributed by atoms with van der Waals surface area (Å²) in [6.07, 6.45) is 7.65. The van der Waals surface area contributed by atoms with Gasteiger partial charge in [-0.2, -0.15) is 0 Å². The van der Waals surface area contributed by atoms with Crippen molar-refractivity contribution in [2.75, 3.05) is 13.6 Å². The Morgan fingerprint density at radius 3 is 2.08 bits per heavy atom. The van der Waals surface area contributed by atoms with Crippen LogP contribution in [0.15, 0.2) is 42.7 Å². The summed E-state index contributed by atoms with van der Waals surface area (Å²) in [6, 6.07) is 6.05. The first-order valence-corrected chi connectivity index (χ1v) is 16.1. The van der Waals surface area contributed by atoms with E-state index in [9.17, 15) is 33.2 Å². The molecule has 3 atom stereocenters. The van der Waals surface area contributed by atoms with Gasteiger partial charge in [-0.1, -0.05) is 19.3 Å². The van der Waals surface area contributed by atoms with Gasteiger partial charge in [0.2, 0.25) is 11.8 Å². The molecule has 6 N–H and O–H groups in total. The molecule has 1 saturated carbocycles. The molecule has 2 heterocycles. The second kappa shape index (κ2) is 17.6. The van der Waals surface area contributed by atoms with Crippen molar-refractivity contribution in [3.05, 3.63) is 65.2 Å². The summed E-state index contributed by atoms with van der Waals surface area (Å²) in [6.45, 7) is 2.38. The van der Waals surface area contributed by atoms with Gasteiger partial charge < -0.3 is 36.0 Å². The van der Waals surface area contributed by atoms with Gasteiger partial charge in [0.05, 0.1) is 24.9 Å². The van der Waals surface area contributed by atoms with Crippen LogP contribution in [0.5, 0.6) is 0 Å². The van der Waals surface area contributed by atoms with Gasteiger partial charge in [0.25, 0.3) is 0 Å². The largest absolute Gasteiger partial charge is 0.481 e. The number of carboxylic acids is 3. The number of rotatable bonds is 13. The number of aliphatic carboxylic acids is 3. The number of hydrogen-bond acceptors (Lipinski definition) is 9. The Labute approximate surface area is 282 Å². The minimum atomic E-state index is -2.74. The van der Waals surface area contributed by atoms with Crippen molar-refractivity contribution in [1.29, 1.82) is 0 Å². The number of amides is 2. The van der Waals surface area contributed by atoms with E-state index in [4.69, 9.17) is 20.4 Å². The van der Waals surface area contributed by atoms with Crippen LogP contribution in [0, 0.1) is 11.7 Å². The number of carbonyl (C=O) groups is 6. The van der Waals surface area contributed by atoms with E-state index in [0.717, 1.165) is 50.5 Å². The summed E-state index contributed by atoms with van der Waals surface area (Å²) in [5.74, 6) is -5.78. The minimum absolute atomic E-state index is 0.0590. The number of likely N-dealkylation sites (N-methyl/N-ethyl adjacent to an activating group) is 1. The Morgan fingerprint density at radius 1 is 0.918 bits per heavy atom. The highest BCUT2D eigenvalue weighted by Crippen LogP contribution is 2.35. The molecular formula is C34H43FN4O10. The lowest BCUT2D eigenvalue weighted by atomic mass is 9.83. The first-order chi connectivity index (χ1) is 23.2. The number of aliphatic hydroxyl groups is 1. The number of nitrogens with one attached hydrogen (secondary N) is 2. The normalized spacial score (nSPS) is 17.6. The molecule has 0 unspecified atom stereocenters. The number of pyridine rings is 1. The molecule has 2 fully saturated rings. The quantitative estimate of drug-likeness (QED) is 0.167. The van der Waals surface area contributed by atoms with E-state index in [1.165, 1.54) is 30.5 Å². The third-order valence-corrected chi connectivity index (χ3v) is 8.85. The van der Waals surface area contributed by atoms with Gasteiger partial charge in [0, 0.05) is 30.1 Å². The van der Waals surface area contributed by atoms with E-state index >= 15 is 0 Å². The predicted molar refractivity (Wildman–Crippen MR) is 172 cm³/mol. The zero-order valence-electron chi connectivity index (χ0n) is 27.4. The van der Waals surface area contributed by atoms with Crippen LogP contribution in [0.3, 0.4) is 0 Å². The molecule has 0 spiro atoms. The molecule has 49 heavy (non-hydrogen) atoms. The monoisotopic (exact) mass is 686 g/mol. The molecule has 15 heteroatoms. The fourth-order valence-electron chi connectivity index (χ4n) is 6.06. The van der Waals surface area contributed by atoms with Gasteiger partial charge in [0.1, 0.15) is 11.9 Å². The zero-order valence-corrected chi connectivity index (χ0v) is 27.4. The molecule has 1 aromatic carbocycles. The summed E-state index contributed by atoms with van der Waals surface area (Å²) >= 11 is 0. The highest BCUT2D eigenvalue weighted by molar-refractivity contribution is 6.08. The Kier molecular flexibility index (Phi) is 13.9. The van der Waals surface area contributed by atoms with Crippen LogP contribution in [0.2, 0.25) is 0 Å². The molecule has 1 aliphatic carbocycles. The first-order valence-electron chi connectivity index (χ1n) is 16.1. The molecule has 2 aliphatic rings. The van der Waals surface area contributed by atoms with Crippen LogP contribution in [0.1, 0.15) is 92.2 Å². The van der Waals surface area contributed by atoms with Crippen molar-refractivity contribution < 1.29 is 53.6 Å². The standard InChI is InChI=1S/C28H35FN4O3.C6H8O7/c1-18(30-2)27(35)32-25(19-7-4-3-5-8-19)28(36)33-14-6-9-24(33)21-15-22(17-31-16-21)26(34)20-10-12-23(29)13-11-20;7-3(8)1-6(13,5(11)12)2-4(9)10/h10-13,15-19,24-25,30H,3-9,14H2,1-2H3,(H,32,35);13H,1-2H2,(H,7,8)(H,9,10)(H,11,12)/t18-,24-,25-;/m0./s1. The zero-order chi connectivity index (χ0) is 36.3. The van der Waals surface area contributed by atoms with Crippen molar-refractivity contribution in [3.8, 4) is 0 Å². The van der Waals surface area contributed by atoms with E-state index in [0.29, 0.717) is 17.7 Å². The number of likely N-dealkylation sites (tertiary alicyclic amines) is 1. The maximum Gasteiger partial charge on any atom is 0.336 e. The highest BCUT2D eigenvalue weighted by Gasteiger charge is 2.41. The smallest absolute Gasteiger partial charge is 0.336 e. The van der Waals surface area contributed by atoms with Gasteiger partial charge in [-0.25, -0.2) is 9.18 Å².